The third-order valence-corrected chi connectivity index (χ3v) is 6.56. The fraction of sp³-hybridized carbons (Fsp3) is 0.276. The lowest BCUT2D eigenvalue weighted by Crippen LogP contribution is -2.49. The monoisotopic (exact) mass is 639 g/mol. The Bertz CT molecular complexity index is 1620. The van der Waals surface area contributed by atoms with Gasteiger partial charge in [0.25, 0.3) is 5.91 Å². The van der Waals surface area contributed by atoms with Gasteiger partial charge in [-0.15, -0.1) is 0 Å². The molecule has 45 heavy (non-hydrogen) atoms. The van der Waals surface area contributed by atoms with Crippen molar-refractivity contribution in [1.82, 2.24) is 24.2 Å². The van der Waals surface area contributed by atoms with E-state index in [0.717, 1.165) is 46.6 Å². The van der Waals surface area contributed by atoms with Crippen LogP contribution >= 0.6 is 0 Å². The summed E-state index contributed by atoms with van der Waals surface area (Å²) in [6, 6.07) is 16.1. The van der Waals surface area contributed by atoms with Crippen molar-refractivity contribution in [3.05, 3.63) is 90.3 Å². The number of alkyl halides is 6. The smallest absolute Gasteiger partial charge is 0.475 e. The number of carbonyl (C=O) groups excluding carboxylic acids is 1. The average Bonchev–Trinajstić information content (AvgIpc) is 3.40. The van der Waals surface area contributed by atoms with Crippen LogP contribution in [-0.4, -0.2) is 91.3 Å². The van der Waals surface area contributed by atoms with Gasteiger partial charge in [-0.25, -0.2) is 14.6 Å². The summed E-state index contributed by atoms with van der Waals surface area (Å²) in [5.41, 5.74) is 6.08. The van der Waals surface area contributed by atoms with Gasteiger partial charge in [0.1, 0.15) is 0 Å². The van der Waals surface area contributed by atoms with E-state index < -0.39 is 24.3 Å². The summed E-state index contributed by atoms with van der Waals surface area (Å²) < 4.78 is 65.5. The molecular formula is C29H27F6N5O5. The third kappa shape index (κ3) is 9.25. The SMILES string of the molecule is Cc1cccc(C(=O)N2CCN(C)C(c3ncn4cc(-c5cccnc5)ccc34)C2)c1.O=C(O)C(F)(F)F.O=C(O)C(F)(F)F. The van der Waals surface area contributed by atoms with Gasteiger partial charge in [0.15, 0.2) is 0 Å². The molecule has 240 valence electrons. The van der Waals surface area contributed by atoms with E-state index in [0.29, 0.717) is 6.54 Å². The van der Waals surface area contributed by atoms with E-state index in [-0.39, 0.29) is 11.9 Å². The molecule has 5 rings (SSSR count). The van der Waals surface area contributed by atoms with Gasteiger partial charge >= 0.3 is 24.3 Å². The number of aliphatic carboxylic acids is 2. The van der Waals surface area contributed by atoms with Crippen molar-refractivity contribution in [3.63, 3.8) is 0 Å². The predicted molar refractivity (Wildman–Crippen MR) is 148 cm³/mol. The molecule has 1 saturated heterocycles. The number of carbonyl (C=O) groups is 3. The first-order valence-electron chi connectivity index (χ1n) is 13.0. The van der Waals surface area contributed by atoms with Gasteiger partial charge in [-0.05, 0) is 43.8 Å². The maximum atomic E-state index is 13.1. The number of benzene rings is 1. The highest BCUT2D eigenvalue weighted by molar-refractivity contribution is 5.94. The van der Waals surface area contributed by atoms with Crippen LogP contribution in [0, 0.1) is 6.92 Å². The Morgan fingerprint density at radius 2 is 1.53 bits per heavy atom. The van der Waals surface area contributed by atoms with Crippen LogP contribution in [0.25, 0.3) is 16.6 Å². The lowest BCUT2D eigenvalue weighted by molar-refractivity contribution is -0.193. The molecular weight excluding hydrogens is 612 g/mol. The second kappa shape index (κ2) is 14.2. The molecule has 0 aliphatic carbocycles. The first-order valence-corrected chi connectivity index (χ1v) is 13.0. The Morgan fingerprint density at radius 1 is 0.889 bits per heavy atom. The number of aromatic nitrogens is 3. The molecule has 1 amide bonds. The molecule has 16 heteroatoms. The Balaban J connectivity index is 0.000000331. The van der Waals surface area contributed by atoms with Crippen molar-refractivity contribution in [2.75, 3.05) is 26.7 Å². The minimum atomic E-state index is -5.08. The number of rotatable bonds is 3. The van der Waals surface area contributed by atoms with Gasteiger partial charge < -0.3 is 19.5 Å². The number of nitrogens with zero attached hydrogens (tertiary/aromatic N) is 5. The number of piperazine rings is 1. The zero-order valence-electron chi connectivity index (χ0n) is 23.7. The molecule has 4 heterocycles. The second-order valence-corrected chi connectivity index (χ2v) is 9.80. The third-order valence-electron chi connectivity index (χ3n) is 6.56. The number of amides is 1. The Morgan fingerprint density at radius 3 is 2.09 bits per heavy atom. The number of pyridine rings is 2. The number of fused-ring (bicyclic) bond motifs is 1. The highest BCUT2D eigenvalue weighted by Gasteiger charge is 2.39. The van der Waals surface area contributed by atoms with Gasteiger partial charge in [-0.2, -0.15) is 26.3 Å². The van der Waals surface area contributed by atoms with E-state index in [9.17, 15) is 31.1 Å². The molecule has 1 aliphatic heterocycles. The Labute approximate surface area is 252 Å². The van der Waals surface area contributed by atoms with Gasteiger partial charge in [-0.1, -0.05) is 29.8 Å². The molecule has 10 nitrogen and oxygen atoms in total. The molecule has 1 aromatic carbocycles. The molecule has 1 fully saturated rings. The molecule has 0 saturated carbocycles. The normalized spacial score (nSPS) is 15.4. The van der Waals surface area contributed by atoms with Gasteiger partial charge in [0, 0.05) is 49.4 Å². The van der Waals surface area contributed by atoms with Crippen molar-refractivity contribution < 1.29 is 50.9 Å². The van der Waals surface area contributed by atoms with Crippen LogP contribution in [-0.2, 0) is 9.59 Å². The van der Waals surface area contributed by atoms with Gasteiger partial charge in [0.2, 0.25) is 0 Å². The summed E-state index contributed by atoms with van der Waals surface area (Å²) in [5, 5.41) is 14.2. The van der Waals surface area contributed by atoms with E-state index in [1.54, 1.807) is 6.20 Å². The second-order valence-electron chi connectivity index (χ2n) is 9.80. The molecule has 3 aromatic heterocycles. The van der Waals surface area contributed by atoms with Crippen LogP contribution < -0.4 is 0 Å². The first-order chi connectivity index (χ1) is 21.0. The molecule has 1 atom stereocenters. The van der Waals surface area contributed by atoms with E-state index in [1.807, 2.05) is 54.7 Å². The highest BCUT2D eigenvalue weighted by atomic mass is 19.4. The molecule has 0 bridgehead atoms. The summed E-state index contributed by atoms with van der Waals surface area (Å²) in [7, 11) is 2.11. The van der Waals surface area contributed by atoms with Crippen LogP contribution in [0.1, 0.15) is 27.7 Å². The number of carboxylic acid groups (broad SMARTS) is 2. The van der Waals surface area contributed by atoms with Crippen LogP contribution in [0.4, 0.5) is 26.3 Å². The number of likely N-dealkylation sites (N-methyl/N-ethyl adjacent to an activating group) is 1. The zero-order valence-corrected chi connectivity index (χ0v) is 23.7. The Hall–Kier alpha value is -4.99. The predicted octanol–water partition coefficient (Wildman–Crippen LogP) is 5.10. The zero-order chi connectivity index (χ0) is 33.5. The van der Waals surface area contributed by atoms with E-state index >= 15 is 0 Å². The molecule has 2 N–H and O–H groups in total. The van der Waals surface area contributed by atoms with Crippen molar-refractivity contribution in [2.45, 2.75) is 25.3 Å². The maximum absolute atomic E-state index is 13.1. The fourth-order valence-electron chi connectivity index (χ4n) is 4.30. The van der Waals surface area contributed by atoms with E-state index in [1.165, 1.54) is 0 Å². The number of imidazole rings is 1. The van der Waals surface area contributed by atoms with Crippen molar-refractivity contribution in [3.8, 4) is 11.1 Å². The van der Waals surface area contributed by atoms with Gasteiger partial charge in [-0.3, -0.25) is 14.7 Å². The highest BCUT2D eigenvalue weighted by Crippen LogP contribution is 2.29. The largest absolute Gasteiger partial charge is 0.490 e. The lowest BCUT2D eigenvalue weighted by Gasteiger charge is -2.39. The minimum Gasteiger partial charge on any atom is -0.475 e. The van der Waals surface area contributed by atoms with Crippen molar-refractivity contribution in [2.24, 2.45) is 0 Å². The summed E-state index contributed by atoms with van der Waals surface area (Å²) in [6.45, 7) is 4.17. The standard InChI is InChI=1S/C25H25N5O.2C2HF3O2/c1-18-5-3-6-19(13-18)25(31)29-12-11-28(2)23(16-29)24-22-9-8-21(15-30(22)17-27-24)20-7-4-10-26-14-20;2*3-2(4,5)1(6)7/h3-10,13-15,17,23H,11-12,16H2,1-2H3;2*(H,6,7). The molecule has 1 unspecified atom stereocenters. The molecule has 4 aromatic rings. The molecule has 1 aliphatic rings. The lowest BCUT2D eigenvalue weighted by atomic mass is 10.0. The van der Waals surface area contributed by atoms with Crippen LogP contribution in [0.5, 0.6) is 0 Å². The first kappa shape index (κ1) is 34.5. The number of hydrogen-bond acceptors (Lipinski definition) is 6. The number of halogens is 6. The molecule has 0 radical (unpaired) electrons. The van der Waals surface area contributed by atoms with Crippen LogP contribution in [0.2, 0.25) is 0 Å². The fourth-order valence-corrected chi connectivity index (χ4v) is 4.30. The number of aryl methyl sites for hydroxylation is 1. The summed E-state index contributed by atoms with van der Waals surface area (Å²) >= 11 is 0. The van der Waals surface area contributed by atoms with E-state index in [2.05, 4.69) is 45.7 Å². The Kier molecular flexibility index (Phi) is 10.9. The summed E-state index contributed by atoms with van der Waals surface area (Å²) in [6.07, 6.45) is -2.58. The summed E-state index contributed by atoms with van der Waals surface area (Å²) in [4.78, 5) is 44.1. The number of hydrogen-bond donors (Lipinski definition) is 2. The average molecular weight is 640 g/mol. The summed E-state index contributed by atoms with van der Waals surface area (Å²) in [5.74, 6) is -5.43. The topological polar surface area (TPSA) is 128 Å². The maximum Gasteiger partial charge on any atom is 0.490 e. The van der Waals surface area contributed by atoms with Crippen LogP contribution in [0.15, 0.2) is 73.4 Å². The minimum absolute atomic E-state index is 0.0525. The number of carboxylic acids is 2. The molecule has 0 spiro atoms. The van der Waals surface area contributed by atoms with Crippen LogP contribution in [0.3, 0.4) is 0 Å². The van der Waals surface area contributed by atoms with E-state index in [4.69, 9.17) is 24.8 Å². The van der Waals surface area contributed by atoms with Crippen molar-refractivity contribution >= 4 is 23.4 Å². The van der Waals surface area contributed by atoms with Crippen molar-refractivity contribution in [1.29, 1.82) is 0 Å². The quantitative estimate of drug-likeness (QED) is 0.297. The van der Waals surface area contributed by atoms with Gasteiger partial charge in [0.05, 0.1) is 23.6 Å².